The molecule has 0 radical (unpaired) electrons. The van der Waals surface area contributed by atoms with Crippen LogP contribution in [0.2, 0.25) is 0 Å². The van der Waals surface area contributed by atoms with Crippen LogP contribution in [0.1, 0.15) is 27.0 Å². The zero-order valence-corrected chi connectivity index (χ0v) is 15.4. The Morgan fingerprint density at radius 3 is 2.44 bits per heavy atom. The summed E-state index contributed by atoms with van der Waals surface area (Å²) in [6.45, 7) is 4.69. The molecule has 1 heterocycles. The van der Waals surface area contributed by atoms with Gasteiger partial charge in [-0.2, -0.15) is 0 Å². The standard InChI is InChI=1S/C22H22FN3O/c1-15-3-6-18(13-16(15)2)22(27)26-20-9-10-21(25-14-20)24-12-11-17-4-7-19(23)8-5-17/h3-10,13-14H,11-12H2,1-2H3,(H,24,25)(H,26,27). The first-order chi connectivity index (χ1) is 13.0. The zero-order chi connectivity index (χ0) is 19.2. The van der Waals surface area contributed by atoms with E-state index in [1.807, 2.05) is 44.2 Å². The number of carbonyl (C=O) groups excluding carboxylic acids is 1. The Bertz CT molecular complexity index is 921. The molecule has 0 bridgehead atoms. The van der Waals surface area contributed by atoms with Gasteiger partial charge >= 0.3 is 0 Å². The van der Waals surface area contributed by atoms with Gasteiger partial charge in [0.25, 0.3) is 5.91 Å². The maximum Gasteiger partial charge on any atom is 0.255 e. The van der Waals surface area contributed by atoms with Crippen molar-refractivity contribution in [1.29, 1.82) is 0 Å². The fourth-order valence-corrected chi connectivity index (χ4v) is 2.64. The smallest absolute Gasteiger partial charge is 0.255 e. The molecule has 2 N–H and O–H groups in total. The molecule has 0 aliphatic heterocycles. The Morgan fingerprint density at radius 2 is 1.78 bits per heavy atom. The van der Waals surface area contributed by atoms with Gasteiger partial charge in [-0.3, -0.25) is 4.79 Å². The molecule has 5 heteroatoms. The molecule has 0 aliphatic rings. The molecule has 27 heavy (non-hydrogen) atoms. The molecule has 0 aliphatic carbocycles. The molecule has 0 saturated carbocycles. The van der Waals surface area contributed by atoms with Gasteiger partial charge in [0.05, 0.1) is 11.9 Å². The van der Waals surface area contributed by atoms with Crippen LogP contribution in [0.3, 0.4) is 0 Å². The molecular weight excluding hydrogens is 341 g/mol. The Labute approximate surface area is 158 Å². The van der Waals surface area contributed by atoms with Crippen molar-refractivity contribution in [2.75, 3.05) is 17.2 Å². The van der Waals surface area contributed by atoms with Gasteiger partial charge in [-0.15, -0.1) is 0 Å². The van der Waals surface area contributed by atoms with Crippen molar-refractivity contribution in [1.82, 2.24) is 4.98 Å². The number of pyridine rings is 1. The van der Waals surface area contributed by atoms with Crippen molar-refractivity contribution in [2.45, 2.75) is 20.3 Å². The minimum Gasteiger partial charge on any atom is -0.370 e. The number of hydrogen-bond donors (Lipinski definition) is 2. The van der Waals surface area contributed by atoms with E-state index in [4.69, 9.17) is 0 Å². The number of halogens is 1. The van der Waals surface area contributed by atoms with Gasteiger partial charge < -0.3 is 10.6 Å². The maximum absolute atomic E-state index is 12.9. The SMILES string of the molecule is Cc1ccc(C(=O)Nc2ccc(NCCc3ccc(F)cc3)nc2)cc1C. The van der Waals surface area contributed by atoms with Gasteiger partial charge in [-0.05, 0) is 73.4 Å². The van der Waals surface area contributed by atoms with Crippen molar-refractivity contribution in [3.63, 3.8) is 0 Å². The van der Waals surface area contributed by atoms with Crippen LogP contribution in [0.15, 0.2) is 60.8 Å². The van der Waals surface area contributed by atoms with Crippen LogP contribution in [0.4, 0.5) is 15.9 Å². The van der Waals surface area contributed by atoms with E-state index in [-0.39, 0.29) is 11.7 Å². The Kier molecular flexibility index (Phi) is 5.81. The summed E-state index contributed by atoms with van der Waals surface area (Å²) >= 11 is 0. The lowest BCUT2D eigenvalue weighted by Gasteiger charge is -2.09. The monoisotopic (exact) mass is 363 g/mol. The molecule has 0 spiro atoms. The third-order valence-electron chi connectivity index (χ3n) is 4.42. The predicted octanol–water partition coefficient (Wildman–Crippen LogP) is 4.74. The summed E-state index contributed by atoms with van der Waals surface area (Å²) < 4.78 is 12.9. The van der Waals surface area contributed by atoms with E-state index in [1.165, 1.54) is 12.1 Å². The third-order valence-corrected chi connectivity index (χ3v) is 4.42. The Morgan fingerprint density at radius 1 is 1.00 bits per heavy atom. The summed E-state index contributed by atoms with van der Waals surface area (Å²) in [6.07, 6.45) is 2.40. The van der Waals surface area contributed by atoms with E-state index in [0.717, 1.165) is 28.9 Å². The van der Waals surface area contributed by atoms with Crippen LogP contribution in [0, 0.1) is 19.7 Å². The zero-order valence-electron chi connectivity index (χ0n) is 15.4. The highest BCUT2D eigenvalue weighted by atomic mass is 19.1. The summed E-state index contributed by atoms with van der Waals surface area (Å²) in [5, 5.41) is 6.07. The molecule has 0 saturated heterocycles. The number of rotatable bonds is 6. The average Bonchev–Trinajstić information content (AvgIpc) is 2.67. The first kappa shape index (κ1) is 18.6. The number of amides is 1. The molecule has 1 amide bonds. The van der Waals surface area contributed by atoms with Crippen molar-refractivity contribution in [3.8, 4) is 0 Å². The molecule has 3 rings (SSSR count). The average molecular weight is 363 g/mol. The van der Waals surface area contributed by atoms with Gasteiger partial charge in [-0.1, -0.05) is 18.2 Å². The minimum atomic E-state index is -0.230. The number of aromatic nitrogens is 1. The van der Waals surface area contributed by atoms with E-state index >= 15 is 0 Å². The van der Waals surface area contributed by atoms with Gasteiger partial charge in [-0.25, -0.2) is 9.37 Å². The first-order valence-corrected chi connectivity index (χ1v) is 8.84. The second-order valence-corrected chi connectivity index (χ2v) is 6.49. The third kappa shape index (κ3) is 5.14. The summed E-state index contributed by atoms with van der Waals surface area (Å²) in [4.78, 5) is 16.7. The second kappa shape index (κ2) is 8.45. The maximum atomic E-state index is 12.9. The van der Waals surface area contributed by atoms with Crippen LogP contribution >= 0.6 is 0 Å². The van der Waals surface area contributed by atoms with Gasteiger partial charge in [0.15, 0.2) is 0 Å². The van der Waals surface area contributed by atoms with E-state index in [9.17, 15) is 9.18 Å². The number of carbonyl (C=O) groups is 1. The van der Waals surface area contributed by atoms with Crippen LogP contribution in [0.5, 0.6) is 0 Å². The molecule has 0 fully saturated rings. The quantitative estimate of drug-likeness (QED) is 0.665. The second-order valence-electron chi connectivity index (χ2n) is 6.49. The number of nitrogens with one attached hydrogen (secondary N) is 2. The summed E-state index contributed by atoms with van der Waals surface area (Å²) in [7, 11) is 0. The molecule has 3 aromatic rings. The fourth-order valence-electron chi connectivity index (χ4n) is 2.64. The van der Waals surface area contributed by atoms with Crippen LogP contribution < -0.4 is 10.6 Å². The van der Waals surface area contributed by atoms with Crippen LogP contribution in [0.25, 0.3) is 0 Å². The highest BCUT2D eigenvalue weighted by Gasteiger charge is 2.07. The summed E-state index contributed by atoms with van der Waals surface area (Å²) in [5.41, 5.74) is 4.56. The number of hydrogen-bond acceptors (Lipinski definition) is 3. The Hall–Kier alpha value is -3.21. The summed E-state index contributed by atoms with van der Waals surface area (Å²) in [6, 6.07) is 15.7. The lowest BCUT2D eigenvalue weighted by atomic mass is 10.1. The molecule has 138 valence electrons. The Balaban J connectivity index is 1.52. The molecule has 0 atom stereocenters. The van der Waals surface area contributed by atoms with Crippen molar-refractivity contribution < 1.29 is 9.18 Å². The minimum absolute atomic E-state index is 0.156. The first-order valence-electron chi connectivity index (χ1n) is 8.84. The van der Waals surface area contributed by atoms with Gasteiger partial charge in [0.2, 0.25) is 0 Å². The topological polar surface area (TPSA) is 54.0 Å². The highest BCUT2D eigenvalue weighted by molar-refractivity contribution is 6.04. The van der Waals surface area contributed by atoms with E-state index in [2.05, 4.69) is 15.6 Å². The van der Waals surface area contributed by atoms with Crippen molar-refractivity contribution in [2.24, 2.45) is 0 Å². The largest absolute Gasteiger partial charge is 0.370 e. The molecule has 0 unspecified atom stereocenters. The van der Waals surface area contributed by atoms with E-state index in [0.29, 0.717) is 17.8 Å². The van der Waals surface area contributed by atoms with Gasteiger partial charge in [0.1, 0.15) is 11.6 Å². The number of anilines is 2. The van der Waals surface area contributed by atoms with Crippen LogP contribution in [-0.4, -0.2) is 17.4 Å². The van der Waals surface area contributed by atoms with Crippen molar-refractivity contribution in [3.05, 3.63) is 88.9 Å². The molecule has 4 nitrogen and oxygen atoms in total. The molecule has 2 aromatic carbocycles. The summed E-state index contributed by atoms with van der Waals surface area (Å²) in [5.74, 6) is 0.338. The number of aryl methyl sites for hydroxylation is 2. The lowest BCUT2D eigenvalue weighted by molar-refractivity contribution is 0.102. The van der Waals surface area contributed by atoms with Crippen LogP contribution in [-0.2, 0) is 6.42 Å². The van der Waals surface area contributed by atoms with E-state index in [1.54, 1.807) is 18.3 Å². The fraction of sp³-hybridized carbons (Fsp3) is 0.182. The normalized spacial score (nSPS) is 10.5. The highest BCUT2D eigenvalue weighted by Crippen LogP contribution is 2.14. The van der Waals surface area contributed by atoms with Gasteiger partial charge in [0, 0.05) is 12.1 Å². The number of benzene rings is 2. The van der Waals surface area contributed by atoms with Crippen molar-refractivity contribution >= 4 is 17.4 Å². The number of nitrogens with zero attached hydrogens (tertiary/aromatic N) is 1. The predicted molar refractivity (Wildman–Crippen MR) is 107 cm³/mol. The molecule has 1 aromatic heterocycles. The lowest BCUT2D eigenvalue weighted by Crippen LogP contribution is -2.13. The molecular formula is C22H22FN3O. The van der Waals surface area contributed by atoms with E-state index < -0.39 is 0 Å².